The lowest BCUT2D eigenvalue weighted by molar-refractivity contribution is -0.385. The summed E-state index contributed by atoms with van der Waals surface area (Å²) in [5.41, 5.74) is -0.510. The van der Waals surface area contributed by atoms with Crippen LogP contribution in [-0.4, -0.2) is 29.7 Å². The quantitative estimate of drug-likeness (QED) is 0.565. The van der Waals surface area contributed by atoms with Gasteiger partial charge in [0.25, 0.3) is 0 Å². The van der Waals surface area contributed by atoms with Crippen LogP contribution in [-0.2, 0) is 4.79 Å². The number of aliphatic carboxylic acids is 1. The fourth-order valence-corrected chi connectivity index (χ4v) is 1.88. The molecule has 0 saturated carbocycles. The van der Waals surface area contributed by atoms with Crippen molar-refractivity contribution in [3.05, 3.63) is 28.1 Å². The summed E-state index contributed by atoms with van der Waals surface area (Å²) >= 11 is 0. The second kappa shape index (κ2) is 7.41. The van der Waals surface area contributed by atoms with Crippen molar-refractivity contribution < 1.29 is 24.0 Å². The maximum absolute atomic E-state index is 13.8. The number of ether oxygens (including phenoxy) is 1. The Morgan fingerprint density at radius 3 is 2.71 bits per heavy atom. The van der Waals surface area contributed by atoms with E-state index in [2.05, 4.69) is 5.32 Å². The highest BCUT2D eigenvalue weighted by Crippen LogP contribution is 2.32. The monoisotopic (exact) mass is 300 g/mol. The molecule has 1 aromatic carbocycles. The predicted molar refractivity (Wildman–Crippen MR) is 74.1 cm³/mol. The van der Waals surface area contributed by atoms with E-state index in [4.69, 9.17) is 9.84 Å². The molecule has 21 heavy (non-hydrogen) atoms. The molecule has 116 valence electrons. The number of nitro benzene ring substituents is 1. The van der Waals surface area contributed by atoms with Crippen molar-refractivity contribution >= 4 is 17.3 Å². The van der Waals surface area contributed by atoms with Crippen LogP contribution < -0.4 is 10.1 Å². The van der Waals surface area contributed by atoms with Gasteiger partial charge in [0.05, 0.1) is 29.7 Å². The molecular formula is C13H17FN2O5. The number of carboxylic acid groups (broad SMARTS) is 1. The average Bonchev–Trinajstić information content (AvgIpc) is 2.43. The van der Waals surface area contributed by atoms with Gasteiger partial charge in [-0.15, -0.1) is 0 Å². The Kier molecular flexibility index (Phi) is 5.89. The molecule has 1 aromatic rings. The molecule has 0 aliphatic rings. The van der Waals surface area contributed by atoms with Crippen LogP contribution in [0.3, 0.4) is 0 Å². The van der Waals surface area contributed by atoms with Crippen molar-refractivity contribution in [3.63, 3.8) is 0 Å². The molecule has 0 aliphatic heterocycles. The first-order valence-electron chi connectivity index (χ1n) is 6.39. The summed E-state index contributed by atoms with van der Waals surface area (Å²) in [5, 5.41) is 22.4. The number of carbonyl (C=O) groups is 1. The molecule has 0 amide bonds. The fraction of sp³-hybridized carbons (Fsp3) is 0.462. The zero-order valence-corrected chi connectivity index (χ0v) is 11.8. The lowest BCUT2D eigenvalue weighted by Gasteiger charge is -2.14. The highest BCUT2D eigenvalue weighted by atomic mass is 19.1. The van der Waals surface area contributed by atoms with Crippen LogP contribution in [0.25, 0.3) is 0 Å². The standard InChI is InChI=1S/C13H17FN2O5/c1-3-4-8(13(17)18)7-15-10-6-12(21-2)11(16(19)20)5-9(10)14/h5-6,8,15H,3-4,7H2,1-2H3,(H,17,18). The molecule has 0 bridgehead atoms. The molecule has 1 unspecified atom stereocenters. The van der Waals surface area contributed by atoms with Crippen molar-refractivity contribution in [2.24, 2.45) is 5.92 Å². The van der Waals surface area contributed by atoms with Crippen LogP contribution in [0, 0.1) is 21.8 Å². The Morgan fingerprint density at radius 2 is 2.24 bits per heavy atom. The van der Waals surface area contributed by atoms with E-state index in [1.165, 1.54) is 7.11 Å². The third-order valence-corrected chi connectivity index (χ3v) is 2.99. The zero-order chi connectivity index (χ0) is 16.0. The number of halogens is 1. The Bertz CT molecular complexity index is 536. The van der Waals surface area contributed by atoms with Gasteiger partial charge in [0.1, 0.15) is 0 Å². The third kappa shape index (κ3) is 4.30. The minimum atomic E-state index is -0.973. The van der Waals surface area contributed by atoms with Crippen LogP contribution in [0.2, 0.25) is 0 Å². The molecule has 0 spiro atoms. The largest absolute Gasteiger partial charge is 0.490 e. The van der Waals surface area contributed by atoms with Gasteiger partial charge in [0.15, 0.2) is 11.6 Å². The summed E-state index contributed by atoms with van der Waals surface area (Å²) in [6.07, 6.45) is 1.14. The molecule has 0 aliphatic carbocycles. The first kappa shape index (κ1) is 16.7. The molecule has 0 heterocycles. The maximum Gasteiger partial charge on any atom is 0.313 e. The first-order chi connectivity index (χ1) is 9.90. The van der Waals surface area contributed by atoms with Crippen molar-refractivity contribution in [1.29, 1.82) is 0 Å². The second-order valence-electron chi connectivity index (χ2n) is 4.47. The number of hydrogen-bond donors (Lipinski definition) is 2. The molecule has 8 heteroatoms. The van der Waals surface area contributed by atoms with E-state index >= 15 is 0 Å². The minimum absolute atomic E-state index is 0.0280. The number of benzene rings is 1. The van der Waals surface area contributed by atoms with Crippen molar-refractivity contribution in [3.8, 4) is 5.75 Å². The number of nitro groups is 1. The predicted octanol–water partition coefficient (Wildman–Crippen LogP) is 2.66. The zero-order valence-electron chi connectivity index (χ0n) is 11.8. The third-order valence-electron chi connectivity index (χ3n) is 2.99. The van der Waals surface area contributed by atoms with Gasteiger partial charge in [-0.1, -0.05) is 13.3 Å². The topological polar surface area (TPSA) is 102 Å². The van der Waals surface area contributed by atoms with Gasteiger partial charge in [-0.2, -0.15) is 0 Å². The normalized spacial score (nSPS) is 11.8. The number of nitrogens with one attached hydrogen (secondary N) is 1. The Labute approximate surface area is 120 Å². The van der Waals surface area contributed by atoms with Crippen LogP contribution in [0.15, 0.2) is 12.1 Å². The molecule has 2 N–H and O–H groups in total. The summed E-state index contributed by atoms with van der Waals surface area (Å²) in [7, 11) is 1.24. The molecular weight excluding hydrogens is 283 g/mol. The fourth-order valence-electron chi connectivity index (χ4n) is 1.88. The van der Waals surface area contributed by atoms with Gasteiger partial charge < -0.3 is 15.2 Å². The number of rotatable bonds is 8. The van der Waals surface area contributed by atoms with Gasteiger partial charge in [-0.3, -0.25) is 14.9 Å². The van der Waals surface area contributed by atoms with E-state index in [0.717, 1.165) is 12.1 Å². The molecule has 7 nitrogen and oxygen atoms in total. The van der Waals surface area contributed by atoms with Crippen LogP contribution >= 0.6 is 0 Å². The lowest BCUT2D eigenvalue weighted by Crippen LogP contribution is -2.23. The molecule has 0 radical (unpaired) electrons. The molecule has 1 rings (SSSR count). The van der Waals surface area contributed by atoms with Crippen molar-refractivity contribution in [1.82, 2.24) is 0 Å². The number of carboxylic acids is 1. The number of nitrogens with zero attached hydrogens (tertiary/aromatic N) is 1. The Morgan fingerprint density at radius 1 is 1.57 bits per heavy atom. The number of methoxy groups -OCH3 is 1. The maximum atomic E-state index is 13.8. The highest BCUT2D eigenvalue weighted by Gasteiger charge is 2.21. The van der Waals surface area contributed by atoms with E-state index in [9.17, 15) is 19.3 Å². The molecule has 0 saturated heterocycles. The lowest BCUT2D eigenvalue weighted by atomic mass is 10.0. The van der Waals surface area contributed by atoms with Crippen LogP contribution in [0.4, 0.5) is 15.8 Å². The molecule has 1 atom stereocenters. The summed E-state index contributed by atoms with van der Waals surface area (Å²) in [6.45, 7) is 1.88. The smallest absolute Gasteiger partial charge is 0.313 e. The van der Waals surface area contributed by atoms with Crippen LogP contribution in [0.5, 0.6) is 5.75 Å². The summed E-state index contributed by atoms with van der Waals surface area (Å²) < 4.78 is 18.6. The Balaban J connectivity index is 2.93. The van der Waals surface area contributed by atoms with E-state index in [1.54, 1.807) is 0 Å². The van der Waals surface area contributed by atoms with E-state index < -0.39 is 28.3 Å². The van der Waals surface area contributed by atoms with E-state index in [-0.39, 0.29) is 18.0 Å². The summed E-state index contributed by atoms with van der Waals surface area (Å²) in [6, 6.07) is 1.90. The summed E-state index contributed by atoms with van der Waals surface area (Å²) in [4.78, 5) is 21.0. The van der Waals surface area contributed by atoms with Crippen molar-refractivity contribution in [2.45, 2.75) is 19.8 Å². The Hall–Kier alpha value is -2.38. The SMILES string of the molecule is CCCC(CNc1cc(OC)c([N+](=O)[O-])cc1F)C(=O)O. The van der Waals surface area contributed by atoms with E-state index in [0.29, 0.717) is 12.8 Å². The van der Waals surface area contributed by atoms with Gasteiger partial charge in [0.2, 0.25) is 0 Å². The highest BCUT2D eigenvalue weighted by molar-refractivity contribution is 5.71. The van der Waals surface area contributed by atoms with Gasteiger partial charge in [0, 0.05) is 12.6 Å². The first-order valence-corrected chi connectivity index (χ1v) is 6.39. The van der Waals surface area contributed by atoms with Gasteiger partial charge in [-0.25, -0.2) is 4.39 Å². The van der Waals surface area contributed by atoms with Crippen molar-refractivity contribution in [2.75, 3.05) is 19.0 Å². The second-order valence-corrected chi connectivity index (χ2v) is 4.47. The molecule has 0 fully saturated rings. The van der Waals surface area contributed by atoms with Gasteiger partial charge in [-0.05, 0) is 6.42 Å². The average molecular weight is 300 g/mol. The van der Waals surface area contributed by atoms with Gasteiger partial charge >= 0.3 is 11.7 Å². The number of hydrogen-bond acceptors (Lipinski definition) is 5. The number of anilines is 1. The molecule has 0 aromatic heterocycles. The van der Waals surface area contributed by atoms with Crippen LogP contribution in [0.1, 0.15) is 19.8 Å². The van der Waals surface area contributed by atoms with E-state index in [1.807, 2.05) is 6.92 Å². The summed E-state index contributed by atoms with van der Waals surface area (Å²) in [5.74, 6) is -2.55. The minimum Gasteiger partial charge on any atom is -0.490 e.